The molecular formula is C15H23NO3S. The highest BCUT2D eigenvalue weighted by atomic mass is 32.2. The second kappa shape index (κ2) is 6.70. The lowest BCUT2D eigenvalue weighted by Gasteiger charge is -2.23. The van der Waals surface area contributed by atoms with Gasteiger partial charge in [0.1, 0.15) is 0 Å². The standard InChI is InChI=1S/C15H23NO3S/c16-10-12-6-8-13(9-7-12)15(17)11-20(18,19)14-4-2-1-3-5-14/h6-9,14-15,17H,1-5,10-11,16H2. The lowest BCUT2D eigenvalue weighted by atomic mass is 10.0. The molecule has 0 saturated heterocycles. The fourth-order valence-corrected chi connectivity index (χ4v) is 4.71. The number of hydrogen-bond donors (Lipinski definition) is 2. The minimum Gasteiger partial charge on any atom is -0.387 e. The molecule has 0 aliphatic heterocycles. The summed E-state index contributed by atoms with van der Waals surface area (Å²) in [4.78, 5) is 0. The molecule has 0 heterocycles. The molecule has 0 aromatic heterocycles. The molecule has 0 radical (unpaired) electrons. The van der Waals surface area contributed by atoms with Crippen molar-refractivity contribution in [2.24, 2.45) is 5.73 Å². The Balaban J connectivity index is 2.03. The maximum absolute atomic E-state index is 12.3. The van der Waals surface area contributed by atoms with Crippen molar-refractivity contribution < 1.29 is 13.5 Å². The van der Waals surface area contributed by atoms with Crippen molar-refractivity contribution in [3.05, 3.63) is 35.4 Å². The third-order valence-electron chi connectivity index (χ3n) is 4.05. The van der Waals surface area contributed by atoms with Crippen LogP contribution >= 0.6 is 0 Å². The SMILES string of the molecule is NCc1ccc(C(O)CS(=O)(=O)C2CCCCC2)cc1. The Morgan fingerprint density at radius 2 is 1.75 bits per heavy atom. The van der Waals surface area contributed by atoms with Crippen LogP contribution in [0.15, 0.2) is 24.3 Å². The van der Waals surface area contributed by atoms with Crippen LogP contribution < -0.4 is 5.73 Å². The van der Waals surface area contributed by atoms with Crippen molar-refractivity contribution in [1.29, 1.82) is 0 Å². The quantitative estimate of drug-likeness (QED) is 0.870. The first-order valence-electron chi connectivity index (χ1n) is 7.21. The maximum atomic E-state index is 12.3. The number of aliphatic hydroxyl groups is 1. The Bertz CT molecular complexity index is 519. The van der Waals surface area contributed by atoms with Crippen LogP contribution in [0.25, 0.3) is 0 Å². The van der Waals surface area contributed by atoms with E-state index in [1.54, 1.807) is 12.1 Å². The predicted octanol–water partition coefficient (Wildman–Crippen LogP) is 1.93. The Labute approximate surface area is 120 Å². The van der Waals surface area contributed by atoms with Gasteiger partial charge in [0.05, 0.1) is 17.1 Å². The number of nitrogens with two attached hydrogens (primary N) is 1. The van der Waals surface area contributed by atoms with Gasteiger partial charge in [0.25, 0.3) is 0 Å². The monoisotopic (exact) mass is 297 g/mol. The topological polar surface area (TPSA) is 80.4 Å². The molecular weight excluding hydrogens is 274 g/mol. The van der Waals surface area contributed by atoms with E-state index in [-0.39, 0.29) is 11.0 Å². The molecule has 4 nitrogen and oxygen atoms in total. The fourth-order valence-electron chi connectivity index (χ4n) is 2.75. The van der Waals surface area contributed by atoms with Crippen molar-refractivity contribution in [2.75, 3.05) is 5.75 Å². The van der Waals surface area contributed by atoms with Gasteiger partial charge in [-0.05, 0) is 24.0 Å². The largest absolute Gasteiger partial charge is 0.387 e. The van der Waals surface area contributed by atoms with Gasteiger partial charge in [-0.25, -0.2) is 8.42 Å². The van der Waals surface area contributed by atoms with E-state index in [9.17, 15) is 13.5 Å². The zero-order valence-electron chi connectivity index (χ0n) is 11.7. The fraction of sp³-hybridized carbons (Fsp3) is 0.600. The summed E-state index contributed by atoms with van der Waals surface area (Å²) in [6, 6.07) is 7.16. The Hall–Kier alpha value is -0.910. The smallest absolute Gasteiger partial charge is 0.156 e. The van der Waals surface area contributed by atoms with Crippen LogP contribution in [0.4, 0.5) is 0 Å². The molecule has 0 amide bonds. The first-order chi connectivity index (χ1) is 9.53. The third kappa shape index (κ3) is 3.81. The molecule has 0 bridgehead atoms. The molecule has 1 aromatic carbocycles. The summed E-state index contributed by atoms with van der Waals surface area (Å²) >= 11 is 0. The summed E-state index contributed by atoms with van der Waals surface area (Å²) in [5, 5.41) is 9.87. The van der Waals surface area contributed by atoms with Crippen LogP contribution in [0.3, 0.4) is 0 Å². The van der Waals surface area contributed by atoms with Gasteiger partial charge in [0.15, 0.2) is 9.84 Å². The van der Waals surface area contributed by atoms with Crippen LogP contribution in [0, 0.1) is 0 Å². The summed E-state index contributed by atoms with van der Waals surface area (Å²) in [6.07, 6.45) is 3.60. The van der Waals surface area contributed by atoms with Gasteiger partial charge >= 0.3 is 0 Å². The van der Waals surface area contributed by atoms with E-state index in [0.717, 1.165) is 37.7 Å². The average Bonchev–Trinajstić information content (AvgIpc) is 2.48. The first-order valence-corrected chi connectivity index (χ1v) is 8.93. The highest BCUT2D eigenvalue weighted by molar-refractivity contribution is 7.92. The number of benzene rings is 1. The van der Waals surface area contributed by atoms with Gasteiger partial charge in [0.2, 0.25) is 0 Å². The normalized spacial score (nSPS) is 18.9. The van der Waals surface area contributed by atoms with Crippen LogP contribution in [0.2, 0.25) is 0 Å². The van der Waals surface area contributed by atoms with Crippen molar-refractivity contribution in [2.45, 2.75) is 50.0 Å². The van der Waals surface area contributed by atoms with Gasteiger partial charge in [-0.15, -0.1) is 0 Å². The summed E-state index contributed by atoms with van der Waals surface area (Å²) in [7, 11) is -3.22. The average molecular weight is 297 g/mol. The van der Waals surface area contributed by atoms with E-state index < -0.39 is 15.9 Å². The molecule has 3 N–H and O–H groups in total. The highest BCUT2D eigenvalue weighted by Gasteiger charge is 2.29. The Kier molecular flexibility index (Phi) is 5.18. The van der Waals surface area contributed by atoms with Gasteiger partial charge in [0, 0.05) is 6.54 Å². The lowest BCUT2D eigenvalue weighted by Crippen LogP contribution is -2.29. The van der Waals surface area contributed by atoms with Crippen LogP contribution in [-0.4, -0.2) is 24.5 Å². The molecule has 1 saturated carbocycles. The molecule has 2 rings (SSSR count). The molecule has 112 valence electrons. The van der Waals surface area contributed by atoms with E-state index in [1.807, 2.05) is 12.1 Å². The van der Waals surface area contributed by atoms with Gasteiger partial charge in [-0.2, -0.15) is 0 Å². The van der Waals surface area contributed by atoms with E-state index in [1.165, 1.54) is 0 Å². The van der Waals surface area contributed by atoms with E-state index in [0.29, 0.717) is 12.1 Å². The Morgan fingerprint density at radius 3 is 2.30 bits per heavy atom. The first kappa shape index (κ1) is 15.5. The lowest BCUT2D eigenvalue weighted by molar-refractivity contribution is 0.201. The van der Waals surface area contributed by atoms with Crippen molar-refractivity contribution in [3.8, 4) is 0 Å². The second-order valence-corrected chi connectivity index (χ2v) is 7.88. The minimum atomic E-state index is -3.22. The predicted molar refractivity (Wildman–Crippen MR) is 80.0 cm³/mol. The molecule has 1 atom stereocenters. The summed E-state index contributed by atoms with van der Waals surface area (Å²) in [6.45, 7) is 0.441. The van der Waals surface area contributed by atoms with E-state index in [2.05, 4.69) is 0 Å². The number of hydrogen-bond acceptors (Lipinski definition) is 4. The highest BCUT2D eigenvalue weighted by Crippen LogP contribution is 2.27. The molecule has 1 fully saturated rings. The van der Waals surface area contributed by atoms with Crippen LogP contribution in [0.1, 0.15) is 49.3 Å². The second-order valence-electron chi connectivity index (χ2n) is 5.55. The van der Waals surface area contributed by atoms with Crippen LogP contribution in [-0.2, 0) is 16.4 Å². The Morgan fingerprint density at radius 1 is 1.15 bits per heavy atom. The molecule has 1 aromatic rings. The molecule has 1 unspecified atom stereocenters. The van der Waals surface area contributed by atoms with Gasteiger partial charge in [-0.3, -0.25) is 0 Å². The maximum Gasteiger partial charge on any atom is 0.156 e. The molecule has 0 spiro atoms. The minimum absolute atomic E-state index is 0.181. The zero-order valence-corrected chi connectivity index (χ0v) is 12.5. The number of aliphatic hydroxyl groups excluding tert-OH is 1. The van der Waals surface area contributed by atoms with Crippen molar-refractivity contribution in [3.63, 3.8) is 0 Å². The van der Waals surface area contributed by atoms with Crippen LogP contribution in [0.5, 0.6) is 0 Å². The number of rotatable bonds is 5. The van der Waals surface area contributed by atoms with E-state index in [4.69, 9.17) is 5.73 Å². The molecule has 1 aliphatic rings. The molecule has 5 heteroatoms. The van der Waals surface area contributed by atoms with Gasteiger partial charge < -0.3 is 10.8 Å². The number of sulfone groups is 1. The summed E-state index contributed by atoms with van der Waals surface area (Å²) in [5.74, 6) is -0.181. The third-order valence-corrected chi connectivity index (χ3v) is 6.32. The zero-order chi connectivity index (χ0) is 14.6. The van der Waals surface area contributed by atoms with E-state index >= 15 is 0 Å². The summed E-state index contributed by atoms with van der Waals surface area (Å²) < 4.78 is 24.6. The van der Waals surface area contributed by atoms with Crippen molar-refractivity contribution >= 4 is 9.84 Å². The van der Waals surface area contributed by atoms with Gasteiger partial charge in [-0.1, -0.05) is 43.5 Å². The molecule has 1 aliphatic carbocycles. The molecule has 20 heavy (non-hydrogen) atoms. The summed E-state index contributed by atoms with van der Waals surface area (Å²) in [5.41, 5.74) is 7.13. The van der Waals surface area contributed by atoms with Crippen molar-refractivity contribution in [1.82, 2.24) is 0 Å².